The van der Waals surface area contributed by atoms with Gasteiger partial charge in [0.2, 0.25) is 12.2 Å². The molecule has 1 heterocycles. The number of rotatable bonds is 8. The molecular formula is C18H25BrN3O3+. The van der Waals surface area contributed by atoms with E-state index in [9.17, 15) is 9.90 Å². The van der Waals surface area contributed by atoms with Gasteiger partial charge >= 0.3 is 0 Å². The normalized spacial score (nSPS) is 13.5. The Morgan fingerprint density at radius 1 is 1.36 bits per heavy atom. The number of benzene rings is 1. The number of hydroxylamine groups is 1. The SMILES string of the molecule is CCC(C(=O)NO)C(CO)Cc1c[n+](Cc2ccc(Br)cc2)cn1C. The maximum absolute atomic E-state index is 11.8. The van der Waals surface area contributed by atoms with Crippen molar-refractivity contribution in [1.29, 1.82) is 0 Å². The van der Waals surface area contributed by atoms with Crippen LogP contribution in [0.2, 0.25) is 0 Å². The lowest BCUT2D eigenvalue weighted by molar-refractivity contribution is -0.688. The molecule has 1 aromatic heterocycles. The molecule has 2 unspecified atom stereocenters. The molecule has 1 aromatic carbocycles. The first-order valence-corrected chi connectivity index (χ1v) is 9.11. The molecule has 2 rings (SSSR count). The van der Waals surface area contributed by atoms with Gasteiger partial charge in [0.05, 0.1) is 7.05 Å². The minimum Gasteiger partial charge on any atom is -0.396 e. The van der Waals surface area contributed by atoms with E-state index in [1.807, 2.05) is 43.2 Å². The van der Waals surface area contributed by atoms with Gasteiger partial charge in [-0.25, -0.2) is 14.6 Å². The van der Waals surface area contributed by atoms with Crippen molar-refractivity contribution in [3.63, 3.8) is 0 Å². The summed E-state index contributed by atoms with van der Waals surface area (Å²) in [6.07, 6.45) is 5.15. The highest BCUT2D eigenvalue weighted by Crippen LogP contribution is 2.20. The standard InChI is InChI=1S/C18H24BrN3O3/c1-3-17(18(24)20-25)14(11-23)8-16-10-22(12-21(16)2)9-13-4-6-15(19)7-5-13/h4-7,10,12,14,17,23H,3,8-9,11H2,1-2H3,(H-,20,24,25)/p+1. The summed E-state index contributed by atoms with van der Waals surface area (Å²) in [4.78, 5) is 11.8. The Morgan fingerprint density at radius 3 is 2.60 bits per heavy atom. The van der Waals surface area contributed by atoms with Crippen molar-refractivity contribution in [3.8, 4) is 0 Å². The van der Waals surface area contributed by atoms with Crippen LogP contribution in [0.25, 0.3) is 0 Å². The summed E-state index contributed by atoms with van der Waals surface area (Å²) in [6.45, 7) is 2.52. The van der Waals surface area contributed by atoms with Crippen molar-refractivity contribution >= 4 is 21.8 Å². The summed E-state index contributed by atoms with van der Waals surface area (Å²) in [5.74, 6) is -1.12. The molecule has 3 N–H and O–H groups in total. The molecular weight excluding hydrogens is 386 g/mol. The molecule has 0 aliphatic heterocycles. The topological polar surface area (TPSA) is 78.4 Å². The lowest BCUT2D eigenvalue weighted by atomic mass is 9.86. The Labute approximate surface area is 156 Å². The van der Waals surface area contributed by atoms with Gasteiger partial charge in [0, 0.05) is 29.3 Å². The minimum absolute atomic E-state index is 0.107. The molecule has 0 fully saturated rings. The van der Waals surface area contributed by atoms with E-state index in [0.717, 1.165) is 16.7 Å². The van der Waals surface area contributed by atoms with Crippen LogP contribution in [0.5, 0.6) is 0 Å². The Balaban J connectivity index is 2.12. The van der Waals surface area contributed by atoms with E-state index in [1.54, 1.807) is 5.48 Å². The number of aromatic nitrogens is 2. The highest BCUT2D eigenvalue weighted by Gasteiger charge is 2.28. The minimum atomic E-state index is -0.446. The molecule has 0 radical (unpaired) electrons. The van der Waals surface area contributed by atoms with E-state index >= 15 is 0 Å². The van der Waals surface area contributed by atoms with Gasteiger partial charge in [0.15, 0.2) is 0 Å². The molecule has 0 saturated heterocycles. The zero-order valence-electron chi connectivity index (χ0n) is 14.5. The molecule has 6 nitrogen and oxygen atoms in total. The fourth-order valence-corrected chi connectivity index (χ4v) is 3.38. The molecule has 0 aliphatic rings. The molecule has 2 aromatic rings. The lowest BCUT2D eigenvalue weighted by Gasteiger charge is -2.21. The third-order valence-corrected chi connectivity index (χ3v) is 5.06. The fourth-order valence-electron chi connectivity index (χ4n) is 3.11. The third kappa shape index (κ3) is 5.14. The van der Waals surface area contributed by atoms with E-state index < -0.39 is 11.8 Å². The van der Waals surface area contributed by atoms with E-state index in [2.05, 4.69) is 32.6 Å². The van der Waals surface area contributed by atoms with Crippen LogP contribution in [-0.4, -0.2) is 27.4 Å². The Bertz CT molecular complexity index is 700. The number of aryl methyl sites for hydroxylation is 1. The number of amides is 1. The second-order valence-corrected chi connectivity index (χ2v) is 7.20. The molecule has 0 saturated carbocycles. The first-order chi connectivity index (χ1) is 12.0. The number of hydrogen-bond donors (Lipinski definition) is 3. The zero-order chi connectivity index (χ0) is 18.4. The van der Waals surface area contributed by atoms with Gasteiger partial charge in [-0.05, 0) is 24.1 Å². The van der Waals surface area contributed by atoms with Gasteiger partial charge in [0.25, 0.3) is 0 Å². The number of carbonyl (C=O) groups is 1. The average Bonchev–Trinajstić information content (AvgIpc) is 2.95. The highest BCUT2D eigenvalue weighted by atomic mass is 79.9. The van der Waals surface area contributed by atoms with Gasteiger partial charge in [-0.15, -0.1) is 0 Å². The molecule has 2 atom stereocenters. The second kappa shape index (κ2) is 9.12. The molecule has 1 amide bonds. The van der Waals surface area contributed by atoms with Crippen molar-refractivity contribution in [2.24, 2.45) is 18.9 Å². The van der Waals surface area contributed by atoms with Gasteiger partial charge in [-0.1, -0.05) is 35.0 Å². The number of hydrogen-bond acceptors (Lipinski definition) is 3. The maximum Gasteiger partial charge on any atom is 0.246 e. The predicted molar refractivity (Wildman–Crippen MR) is 96.8 cm³/mol. The summed E-state index contributed by atoms with van der Waals surface area (Å²) < 4.78 is 5.14. The largest absolute Gasteiger partial charge is 0.396 e. The number of imidazole rings is 1. The van der Waals surface area contributed by atoms with Crippen molar-refractivity contribution in [3.05, 3.63) is 52.5 Å². The van der Waals surface area contributed by atoms with Crippen LogP contribution < -0.4 is 10.0 Å². The lowest BCUT2D eigenvalue weighted by Crippen LogP contribution is -2.35. The van der Waals surface area contributed by atoms with Gasteiger partial charge in [0.1, 0.15) is 18.4 Å². The third-order valence-electron chi connectivity index (χ3n) is 4.53. The molecule has 7 heteroatoms. The van der Waals surface area contributed by atoms with Crippen LogP contribution >= 0.6 is 15.9 Å². The molecule has 136 valence electrons. The molecule has 25 heavy (non-hydrogen) atoms. The van der Waals surface area contributed by atoms with Crippen LogP contribution in [0, 0.1) is 11.8 Å². The van der Waals surface area contributed by atoms with Crippen LogP contribution in [-0.2, 0) is 24.8 Å². The zero-order valence-corrected chi connectivity index (χ0v) is 16.1. The molecule has 0 spiro atoms. The van der Waals surface area contributed by atoms with Crippen LogP contribution in [0.3, 0.4) is 0 Å². The Hall–Kier alpha value is -1.70. The summed E-state index contributed by atoms with van der Waals surface area (Å²) in [5.41, 5.74) is 3.93. The van der Waals surface area contributed by atoms with Crippen LogP contribution in [0.4, 0.5) is 0 Å². The number of nitrogens with zero attached hydrogens (tertiary/aromatic N) is 2. The van der Waals surface area contributed by atoms with Gasteiger partial charge in [-0.3, -0.25) is 10.0 Å². The number of aliphatic hydroxyl groups excluding tert-OH is 1. The fraction of sp³-hybridized carbons (Fsp3) is 0.444. The predicted octanol–water partition coefficient (Wildman–Crippen LogP) is 1.81. The Morgan fingerprint density at radius 2 is 2.04 bits per heavy atom. The molecule has 0 aliphatic carbocycles. The Kier molecular flexibility index (Phi) is 7.16. The smallest absolute Gasteiger partial charge is 0.246 e. The number of carbonyl (C=O) groups excluding carboxylic acids is 1. The van der Waals surface area contributed by atoms with Gasteiger partial charge in [-0.2, -0.15) is 0 Å². The van der Waals surface area contributed by atoms with Crippen molar-refractivity contribution in [2.75, 3.05) is 6.61 Å². The summed E-state index contributed by atoms with van der Waals surface area (Å²) in [6, 6.07) is 8.17. The van der Waals surface area contributed by atoms with Crippen molar-refractivity contribution in [1.82, 2.24) is 10.0 Å². The monoisotopic (exact) mass is 410 g/mol. The molecule has 0 bridgehead atoms. The number of nitrogens with one attached hydrogen (secondary N) is 1. The van der Waals surface area contributed by atoms with Crippen LogP contribution in [0.1, 0.15) is 24.6 Å². The number of halogens is 1. The second-order valence-electron chi connectivity index (χ2n) is 6.28. The number of aliphatic hydroxyl groups is 1. The first kappa shape index (κ1) is 19.6. The highest BCUT2D eigenvalue weighted by molar-refractivity contribution is 9.10. The first-order valence-electron chi connectivity index (χ1n) is 8.32. The average molecular weight is 411 g/mol. The maximum atomic E-state index is 11.8. The van der Waals surface area contributed by atoms with Gasteiger partial charge < -0.3 is 5.11 Å². The summed E-state index contributed by atoms with van der Waals surface area (Å²) >= 11 is 3.43. The van der Waals surface area contributed by atoms with E-state index in [1.165, 1.54) is 5.56 Å². The van der Waals surface area contributed by atoms with E-state index in [0.29, 0.717) is 12.8 Å². The van der Waals surface area contributed by atoms with Crippen LogP contribution in [0.15, 0.2) is 41.3 Å². The summed E-state index contributed by atoms with van der Waals surface area (Å²) in [7, 11) is 1.95. The van der Waals surface area contributed by atoms with Crippen molar-refractivity contribution in [2.45, 2.75) is 26.3 Å². The quantitative estimate of drug-likeness (QED) is 0.352. The van der Waals surface area contributed by atoms with Crippen molar-refractivity contribution < 1.29 is 19.7 Å². The summed E-state index contributed by atoms with van der Waals surface area (Å²) in [5, 5.41) is 18.6. The van der Waals surface area contributed by atoms with E-state index in [-0.39, 0.29) is 12.5 Å². The van der Waals surface area contributed by atoms with E-state index in [4.69, 9.17) is 5.21 Å².